The standard InChI is InChI=1S/C9H10N2O2/c12-10-11-6-3-7-13-9-5-2-1-4-8(9)11/h1-2,4-5H,3,6-7H2. The van der Waals surface area contributed by atoms with Crippen LogP contribution in [-0.2, 0) is 0 Å². The molecule has 0 unspecified atom stereocenters. The van der Waals surface area contributed by atoms with Crippen molar-refractivity contribution < 1.29 is 4.74 Å². The lowest BCUT2D eigenvalue weighted by Crippen LogP contribution is -2.15. The molecule has 1 heterocycles. The van der Waals surface area contributed by atoms with Crippen molar-refractivity contribution in [2.45, 2.75) is 6.42 Å². The highest BCUT2D eigenvalue weighted by Crippen LogP contribution is 2.30. The molecule has 2 rings (SSSR count). The van der Waals surface area contributed by atoms with Gasteiger partial charge in [0.15, 0.2) is 0 Å². The van der Waals surface area contributed by atoms with Gasteiger partial charge in [0.05, 0.1) is 11.9 Å². The number of fused-ring (bicyclic) bond motifs is 1. The lowest BCUT2D eigenvalue weighted by atomic mass is 10.3. The average molecular weight is 178 g/mol. The molecule has 0 aliphatic carbocycles. The van der Waals surface area contributed by atoms with Crippen molar-refractivity contribution in [2.75, 3.05) is 18.2 Å². The van der Waals surface area contributed by atoms with E-state index in [1.54, 1.807) is 0 Å². The molecule has 0 aromatic heterocycles. The Bertz CT molecular complexity index is 314. The maximum atomic E-state index is 10.5. The van der Waals surface area contributed by atoms with Gasteiger partial charge in [-0.2, -0.15) is 0 Å². The molecule has 4 heteroatoms. The fourth-order valence-corrected chi connectivity index (χ4v) is 1.39. The summed E-state index contributed by atoms with van der Waals surface area (Å²) in [5.41, 5.74) is 0.759. The Balaban J connectivity index is 2.41. The third-order valence-electron chi connectivity index (χ3n) is 2.01. The summed E-state index contributed by atoms with van der Waals surface area (Å²) in [6.07, 6.45) is 0.820. The van der Waals surface area contributed by atoms with E-state index in [0.29, 0.717) is 13.2 Å². The maximum absolute atomic E-state index is 10.5. The van der Waals surface area contributed by atoms with Gasteiger partial charge in [-0.25, -0.2) is 5.01 Å². The molecule has 1 aromatic carbocycles. The Morgan fingerprint density at radius 1 is 1.38 bits per heavy atom. The Morgan fingerprint density at radius 3 is 3.08 bits per heavy atom. The van der Waals surface area contributed by atoms with Crippen LogP contribution in [0.25, 0.3) is 0 Å². The molecule has 0 fully saturated rings. The minimum absolute atomic E-state index is 0.626. The first-order valence-electron chi connectivity index (χ1n) is 4.24. The molecule has 0 N–H and O–H groups in total. The van der Waals surface area contributed by atoms with E-state index in [1.165, 1.54) is 5.01 Å². The van der Waals surface area contributed by atoms with Crippen molar-refractivity contribution in [2.24, 2.45) is 5.29 Å². The van der Waals surface area contributed by atoms with Crippen molar-refractivity contribution >= 4 is 5.69 Å². The fraction of sp³-hybridized carbons (Fsp3) is 0.333. The predicted octanol–water partition coefficient (Wildman–Crippen LogP) is 1.96. The van der Waals surface area contributed by atoms with E-state index < -0.39 is 0 Å². The van der Waals surface area contributed by atoms with Crippen LogP contribution < -0.4 is 9.75 Å². The molecule has 13 heavy (non-hydrogen) atoms. The lowest BCUT2D eigenvalue weighted by molar-refractivity contribution is 0.322. The summed E-state index contributed by atoms with van der Waals surface area (Å²) >= 11 is 0. The molecular formula is C9H10N2O2. The molecule has 0 saturated heterocycles. The molecule has 0 spiro atoms. The molecule has 0 bridgehead atoms. The number of para-hydroxylation sites is 2. The number of nitroso groups, excluding NO2 is 1. The molecule has 0 radical (unpaired) electrons. The molecular weight excluding hydrogens is 168 g/mol. The van der Waals surface area contributed by atoms with E-state index in [-0.39, 0.29) is 0 Å². The number of rotatable bonds is 1. The van der Waals surface area contributed by atoms with Gasteiger partial charge in [0.25, 0.3) is 0 Å². The van der Waals surface area contributed by atoms with Crippen LogP contribution in [0.5, 0.6) is 5.75 Å². The zero-order valence-electron chi connectivity index (χ0n) is 7.14. The van der Waals surface area contributed by atoms with E-state index in [1.807, 2.05) is 24.3 Å². The Morgan fingerprint density at radius 2 is 2.23 bits per heavy atom. The summed E-state index contributed by atoms with van der Waals surface area (Å²) in [4.78, 5) is 10.5. The summed E-state index contributed by atoms with van der Waals surface area (Å²) in [7, 11) is 0. The summed E-state index contributed by atoms with van der Waals surface area (Å²) in [5, 5.41) is 4.39. The van der Waals surface area contributed by atoms with Crippen molar-refractivity contribution in [1.29, 1.82) is 0 Å². The molecule has 4 nitrogen and oxygen atoms in total. The smallest absolute Gasteiger partial charge is 0.144 e. The Kier molecular flexibility index (Phi) is 2.12. The van der Waals surface area contributed by atoms with Crippen molar-refractivity contribution in [1.82, 2.24) is 0 Å². The first-order valence-corrected chi connectivity index (χ1v) is 4.24. The Labute approximate surface area is 76.1 Å². The maximum Gasteiger partial charge on any atom is 0.144 e. The van der Waals surface area contributed by atoms with Gasteiger partial charge in [-0.3, -0.25) is 0 Å². The molecule has 1 aliphatic rings. The normalized spacial score (nSPS) is 15.5. The number of hydrogen-bond acceptors (Lipinski definition) is 3. The zero-order valence-corrected chi connectivity index (χ0v) is 7.14. The van der Waals surface area contributed by atoms with Crippen LogP contribution >= 0.6 is 0 Å². The van der Waals surface area contributed by atoms with Crippen LogP contribution in [0, 0.1) is 4.91 Å². The summed E-state index contributed by atoms with van der Waals surface area (Å²) in [6, 6.07) is 7.43. The summed E-state index contributed by atoms with van der Waals surface area (Å²) in [5.74, 6) is 0.736. The molecule has 1 aromatic rings. The van der Waals surface area contributed by atoms with Crippen LogP contribution in [0.15, 0.2) is 29.6 Å². The number of nitrogens with zero attached hydrogens (tertiary/aromatic N) is 2. The molecule has 0 saturated carbocycles. The van der Waals surface area contributed by atoms with Crippen LogP contribution in [0.3, 0.4) is 0 Å². The highest BCUT2D eigenvalue weighted by molar-refractivity contribution is 5.58. The van der Waals surface area contributed by atoms with Crippen molar-refractivity contribution in [3.63, 3.8) is 0 Å². The van der Waals surface area contributed by atoms with Crippen LogP contribution in [0.4, 0.5) is 5.69 Å². The van der Waals surface area contributed by atoms with Gasteiger partial charge in [0, 0.05) is 13.0 Å². The van der Waals surface area contributed by atoms with Gasteiger partial charge in [-0.05, 0) is 12.1 Å². The summed E-state index contributed by atoms with van der Waals surface area (Å²) < 4.78 is 5.44. The predicted molar refractivity (Wildman–Crippen MR) is 49.7 cm³/mol. The van der Waals surface area contributed by atoms with Gasteiger partial charge in [0.1, 0.15) is 11.4 Å². The molecule has 0 atom stereocenters. The number of anilines is 1. The molecule has 68 valence electrons. The minimum atomic E-state index is 0.626. The zero-order chi connectivity index (χ0) is 9.10. The number of benzene rings is 1. The van der Waals surface area contributed by atoms with Crippen LogP contribution in [-0.4, -0.2) is 13.2 Å². The van der Waals surface area contributed by atoms with Gasteiger partial charge < -0.3 is 4.74 Å². The summed E-state index contributed by atoms with van der Waals surface area (Å²) in [6.45, 7) is 1.27. The number of hydrogen-bond donors (Lipinski definition) is 0. The monoisotopic (exact) mass is 178 g/mol. The van der Waals surface area contributed by atoms with E-state index in [4.69, 9.17) is 4.74 Å². The topological polar surface area (TPSA) is 41.9 Å². The lowest BCUT2D eigenvalue weighted by Gasteiger charge is -2.12. The van der Waals surface area contributed by atoms with E-state index in [2.05, 4.69) is 5.29 Å². The third-order valence-corrected chi connectivity index (χ3v) is 2.01. The minimum Gasteiger partial charge on any atom is -0.491 e. The molecule has 1 aliphatic heterocycles. The first-order chi connectivity index (χ1) is 6.42. The second kappa shape index (κ2) is 3.43. The second-order valence-electron chi connectivity index (χ2n) is 2.87. The van der Waals surface area contributed by atoms with Crippen LogP contribution in [0.2, 0.25) is 0 Å². The first kappa shape index (κ1) is 8.04. The number of ether oxygens (including phenoxy) is 1. The van der Waals surface area contributed by atoms with Crippen molar-refractivity contribution in [3.05, 3.63) is 29.2 Å². The van der Waals surface area contributed by atoms with Gasteiger partial charge in [0.2, 0.25) is 0 Å². The highest BCUT2D eigenvalue weighted by Gasteiger charge is 2.15. The quantitative estimate of drug-likeness (QED) is 0.617. The largest absolute Gasteiger partial charge is 0.491 e. The van der Waals surface area contributed by atoms with E-state index in [9.17, 15) is 4.91 Å². The molecule has 0 amide bonds. The highest BCUT2D eigenvalue weighted by atomic mass is 16.5. The van der Waals surface area contributed by atoms with Gasteiger partial charge >= 0.3 is 0 Å². The van der Waals surface area contributed by atoms with E-state index >= 15 is 0 Å². The third kappa shape index (κ3) is 1.47. The van der Waals surface area contributed by atoms with E-state index in [0.717, 1.165) is 17.9 Å². The van der Waals surface area contributed by atoms with Gasteiger partial charge in [-0.1, -0.05) is 12.1 Å². The van der Waals surface area contributed by atoms with Gasteiger partial charge in [-0.15, -0.1) is 4.91 Å². The SMILES string of the molecule is O=NN1CCCOc2ccccc21. The Hall–Kier alpha value is -1.58. The van der Waals surface area contributed by atoms with Crippen LogP contribution in [0.1, 0.15) is 6.42 Å². The second-order valence-corrected chi connectivity index (χ2v) is 2.87. The van der Waals surface area contributed by atoms with Crippen molar-refractivity contribution in [3.8, 4) is 5.75 Å². The fourth-order valence-electron chi connectivity index (χ4n) is 1.39. The average Bonchev–Trinajstić information content (AvgIpc) is 2.39.